The molecule has 3 nitrogen and oxygen atoms in total. The van der Waals surface area contributed by atoms with Gasteiger partial charge >= 0.3 is 5.97 Å². The standard InChI is InChI=1S/C14H27NO2/c1-3-12(2)15(11-14(16)17)10-13-8-6-4-5-7-9-13/h12-13H,3-11H2,1-2H3,(H,16,17). The molecule has 0 radical (unpaired) electrons. The predicted octanol–water partition coefficient (Wildman–Crippen LogP) is 3.14. The Bertz CT molecular complexity index is 222. The SMILES string of the molecule is CCC(C)N(CC(=O)O)CC1CCCCCC1. The van der Waals surface area contributed by atoms with Gasteiger partial charge in [-0.15, -0.1) is 0 Å². The highest BCUT2D eigenvalue weighted by atomic mass is 16.4. The second-order valence-corrected chi connectivity index (χ2v) is 5.44. The number of carboxylic acid groups (broad SMARTS) is 1. The molecule has 3 heteroatoms. The minimum Gasteiger partial charge on any atom is -0.480 e. The van der Waals surface area contributed by atoms with Crippen LogP contribution in [0.3, 0.4) is 0 Å². The van der Waals surface area contributed by atoms with Crippen molar-refractivity contribution >= 4 is 5.97 Å². The third kappa shape index (κ3) is 5.53. The van der Waals surface area contributed by atoms with Crippen molar-refractivity contribution in [2.75, 3.05) is 13.1 Å². The van der Waals surface area contributed by atoms with Crippen LogP contribution in [0.25, 0.3) is 0 Å². The number of carbonyl (C=O) groups is 1. The molecule has 1 saturated carbocycles. The summed E-state index contributed by atoms with van der Waals surface area (Å²) in [7, 11) is 0. The Kier molecular flexibility index (Phi) is 6.56. The largest absolute Gasteiger partial charge is 0.480 e. The van der Waals surface area contributed by atoms with Crippen LogP contribution in [0.4, 0.5) is 0 Å². The Morgan fingerprint density at radius 3 is 2.35 bits per heavy atom. The molecule has 100 valence electrons. The smallest absolute Gasteiger partial charge is 0.317 e. The Labute approximate surface area is 105 Å². The second-order valence-electron chi connectivity index (χ2n) is 5.44. The molecule has 0 bridgehead atoms. The summed E-state index contributed by atoms with van der Waals surface area (Å²) < 4.78 is 0. The number of aliphatic carboxylic acids is 1. The topological polar surface area (TPSA) is 40.5 Å². The lowest BCUT2D eigenvalue weighted by atomic mass is 9.99. The van der Waals surface area contributed by atoms with Crippen LogP contribution >= 0.6 is 0 Å². The summed E-state index contributed by atoms with van der Waals surface area (Å²) in [6.45, 7) is 5.44. The highest BCUT2D eigenvalue weighted by Gasteiger charge is 2.21. The molecule has 1 fully saturated rings. The molecule has 1 aliphatic carbocycles. The van der Waals surface area contributed by atoms with Crippen LogP contribution in [-0.2, 0) is 4.79 Å². The van der Waals surface area contributed by atoms with Crippen molar-refractivity contribution in [2.24, 2.45) is 5.92 Å². The van der Waals surface area contributed by atoms with Gasteiger partial charge in [-0.1, -0.05) is 32.6 Å². The van der Waals surface area contributed by atoms with Crippen LogP contribution in [0, 0.1) is 5.92 Å². The fraction of sp³-hybridized carbons (Fsp3) is 0.929. The minimum atomic E-state index is -0.695. The van der Waals surface area contributed by atoms with E-state index in [1.165, 1.54) is 38.5 Å². The average Bonchev–Trinajstić information content (AvgIpc) is 2.55. The molecule has 17 heavy (non-hydrogen) atoms. The first-order chi connectivity index (χ1) is 8.13. The first kappa shape index (κ1) is 14.5. The highest BCUT2D eigenvalue weighted by Crippen LogP contribution is 2.24. The van der Waals surface area contributed by atoms with Gasteiger partial charge in [0, 0.05) is 12.6 Å². The van der Waals surface area contributed by atoms with E-state index >= 15 is 0 Å². The molecular formula is C14H27NO2. The third-order valence-electron chi connectivity index (χ3n) is 4.02. The molecule has 0 saturated heterocycles. The Hall–Kier alpha value is -0.570. The second kappa shape index (κ2) is 7.70. The van der Waals surface area contributed by atoms with E-state index in [2.05, 4.69) is 18.7 Å². The zero-order valence-electron chi connectivity index (χ0n) is 11.3. The van der Waals surface area contributed by atoms with Gasteiger partial charge < -0.3 is 5.11 Å². The molecule has 1 N–H and O–H groups in total. The van der Waals surface area contributed by atoms with Crippen LogP contribution in [0.15, 0.2) is 0 Å². The van der Waals surface area contributed by atoms with Crippen LogP contribution in [-0.4, -0.2) is 35.1 Å². The van der Waals surface area contributed by atoms with Crippen molar-refractivity contribution in [3.63, 3.8) is 0 Å². The van der Waals surface area contributed by atoms with Crippen molar-refractivity contribution in [1.29, 1.82) is 0 Å². The van der Waals surface area contributed by atoms with Gasteiger partial charge in [-0.05, 0) is 32.1 Å². The summed E-state index contributed by atoms with van der Waals surface area (Å²) in [5, 5.41) is 8.97. The zero-order valence-corrected chi connectivity index (χ0v) is 11.3. The maximum absolute atomic E-state index is 10.9. The highest BCUT2D eigenvalue weighted by molar-refractivity contribution is 5.69. The molecule has 1 unspecified atom stereocenters. The molecule has 0 aliphatic heterocycles. The van der Waals surface area contributed by atoms with Gasteiger partial charge in [0.1, 0.15) is 0 Å². The summed E-state index contributed by atoms with van der Waals surface area (Å²) >= 11 is 0. The molecule has 1 rings (SSSR count). The van der Waals surface area contributed by atoms with Gasteiger partial charge in [-0.2, -0.15) is 0 Å². The molecule has 0 aromatic rings. The number of hydrogen-bond donors (Lipinski definition) is 1. The lowest BCUT2D eigenvalue weighted by molar-refractivity contribution is -0.139. The molecule has 0 aromatic carbocycles. The van der Waals surface area contributed by atoms with Gasteiger partial charge in [0.25, 0.3) is 0 Å². The van der Waals surface area contributed by atoms with Crippen molar-refractivity contribution in [1.82, 2.24) is 4.90 Å². The van der Waals surface area contributed by atoms with Crippen LogP contribution in [0.2, 0.25) is 0 Å². The average molecular weight is 241 g/mol. The molecule has 0 amide bonds. The van der Waals surface area contributed by atoms with Gasteiger partial charge in [0.05, 0.1) is 6.54 Å². The van der Waals surface area contributed by atoms with E-state index in [1.54, 1.807) is 0 Å². The zero-order chi connectivity index (χ0) is 12.7. The molecule has 1 atom stereocenters. The van der Waals surface area contributed by atoms with E-state index in [0.29, 0.717) is 12.0 Å². The first-order valence-corrected chi connectivity index (χ1v) is 7.09. The fourth-order valence-electron chi connectivity index (χ4n) is 2.71. The number of rotatable bonds is 6. The monoisotopic (exact) mass is 241 g/mol. The van der Waals surface area contributed by atoms with Crippen molar-refractivity contribution in [2.45, 2.75) is 64.8 Å². The summed E-state index contributed by atoms with van der Waals surface area (Å²) in [6.07, 6.45) is 8.97. The predicted molar refractivity (Wildman–Crippen MR) is 70.2 cm³/mol. The molecule has 0 heterocycles. The fourth-order valence-corrected chi connectivity index (χ4v) is 2.71. The molecule has 0 aromatic heterocycles. The Morgan fingerprint density at radius 1 is 1.29 bits per heavy atom. The van der Waals surface area contributed by atoms with Crippen LogP contribution in [0.1, 0.15) is 58.8 Å². The normalized spacial score (nSPS) is 20.2. The molecule has 0 spiro atoms. The van der Waals surface area contributed by atoms with Crippen LogP contribution in [0.5, 0.6) is 0 Å². The van der Waals surface area contributed by atoms with Gasteiger partial charge in [-0.3, -0.25) is 9.69 Å². The maximum atomic E-state index is 10.9. The van der Waals surface area contributed by atoms with Crippen molar-refractivity contribution < 1.29 is 9.90 Å². The van der Waals surface area contributed by atoms with E-state index in [9.17, 15) is 4.79 Å². The summed E-state index contributed by atoms with van der Waals surface area (Å²) in [5.41, 5.74) is 0. The van der Waals surface area contributed by atoms with E-state index in [0.717, 1.165) is 13.0 Å². The number of nitrogens with zero attached hydrogens (tertiary/aromatic N) is 1. The van der Waals surface area contributed by atoms with E-state index in [4.69, 9.17) is 5.11 Å². The summed E-state index contributed by atoms with van der Waals surface area (Å²) in [5.74, 6) is 0.0183. The van der Waals surface area contributed by atoms with E-state index in [1.807, 2.05) is 0 Å². The number of carboxylic acids is 1. The quantitative estimate of drug-likeness (QED) is 0.726. The maximum Gasteiger partial charge on any atom is 0.317 e. The number of hydrogen-bond acceptors (Lipinski definition) is 2. The lowest BCUT2D eigenvalue weighted by Crippen LogP contribution is -2.40. The summed E-state index contributed by atoms with van der Waals surface area (Å²) in [4.78, 5) is 13.0. The van der Waals surface area contributed by atoms with Crippen LogP contribution < -0.4 is 0 Å². The van der Waals surface area contributed by atoms with Crippen molar-refractivity contribution in [3.05, 3.63) is 0 Å². The van der Waals surface area contributed by atoms with E-state index in [-0.39, 0.29) is 6.54 Å². The Balaban J connectivity index is 2.48. The van der Waals surface area contributed by atoms with E-state index < -0.39 is 5.97 Å². The van der Waals surface area contributed by atoms with Crippen molar-refractivity contribution in [3.8, 4) is 0 Å². The first-order valence-electron chi connectivity index (χ1n) is 7.09. The molecule has 1 aliphatic rings. The minimum absolute atomic E-state index is 0.200. The lowest BCUT2D eigenvalue weighted by Gasteiger charge is -2.30. The summed E-state index contributed by atoms with van der Waals surface area (Å²) in [6, 6.07) is 0.384. The van der Waals surface area contributed by atoms with Gasteiger partial charge in [-0.25, -0.2) is 0 Å². The van der Waals surface area contributed by atoms with Gasteiger partial charge in [0.15, 0.2) is 0 Å². The Morgan fingerprint density at radius 2 is 1.88 bits per heavy atom. The molecular weight excluding hydrogens is 214 g/mol. The van der Waals surface area contributed by atoms with Gasteiger partial charge in [0.2, 0.25) is 0 Å². The third-order valence-corrected chi connectivity index (χ3v) is 4.02.